The van der Waals surface area contributed by atoms with Gasteiger partial charge < -0.3 is 51.5 Å². The van der Waals surface area contributed by atoms with Crippen molar-refractivity contribution in [1.82, 2.24) is 14.9 Å². The van der Waals surface area contributed by atoms with Gasteiger partial charge in [0.1, 0.15) is 18.4 Å². The Morgan fingerprint density at radius 3 is 2.60 bits per heavy atom. The van der Waals surface area contributed by atoms with Crippen LogP contribution in [0.2, 0.25) is 0 Å². The van der Waals surface area contributed by atoms with E-state index in [1.54, 1.807) is 0 Å². The molecule has 0 saturated carbocycles. The third-order valence-electron chi connectivity index (χ3n) is 4.72. The summed E-state index contributed by atoms with van der Waals surface area (Å²) in [6.07, 6.45) is -6.00. The molecule has 164 valence electrons. The number of nitrogens with one attached hydrogen (secondary N) is 1. The summed E-state index contributed by atoms with van der Waals surface area (Å²) in [5.41, 5.74) is 5.47. The predicted molar refractivity (Wildman–Crippen MR) is 96.6 cm³/mol. The number of aliphatic hydroxyl groups is 5. The molecule has 1 saturated heterocycles. The van der Waals surface area contributed by atoms with Crippen molar-refractivity contribution in [3.63, 3.8) is 0 Å². The molecule has 1 amide bonds. The standard InChI is InChI=1S/C17H22N4O9/c18-14(27)12-11(25)13(26)17(29,30-12)21-4-3-19-15(21)16(28)20-6-10(24)7-1-2-8(22)9(23)5-7/h1-5,10-14,22-27,29H,6,18H2,(H,20,28)/t10?,11-,12+,13-,14?,17-/m1/s1. The number of carbonyl (C=O) groups excluding carboxylic acids is 1. The number of nitrogens with two attached hydrogens (primary N) is 1. The molecule has 13 heteroatoms. The Morgan fingerprint density at radius 2 is 2.00 bits per heavy atom. The average molecular weight is 426 g/mol. The Balaban J connectivity index is 1.74. The Bertz CT molecular complexity index is 920. The fourth-order valence-corrected chi connectivity index (χ4v) is 3.08. The summed E-state index contributed by atoms with van der Waals surface area (Å²) in [5, 5.41) is 71.6. The third-order valence-corrected chi connectivity index (χ3v) is 4.72. The number of amides is 1. The van der Waals surface area contributed by atoms with Crippen molar-refractivity contribution >= 4 is 5.91 Å². The number of hydrogen-bond acceptors (Lipinski definition) is 11. The minimum Gasteiger partial charge on any atom is -0.504 e. The highest BCUT2D eigenvalue weighted by atomic mass is 16.7. The van der Waals surface area contributed by atoms with E-state index in [2.05, 4.69) is 10.3 Å². The second kappa shape index (κ2) is 8.16. The summed E-state index contributed by atoms with van der Waals surface area (Å²) >= 11 is 0. The second-order valence-electron chi connectivity index (χ2n) is 6.76. The molecule has 3 rings (SSSR count). The van der Waals surface area contributed by atoms with E-state index in [0.29, 0.717) is 0 Å². The number of imidazole rings is 1. The lowest BCUT2D eigenvalue weighted by atomic mass is 10.1. The van der Waals surface area contributed by atoms with Crippen molar-refractivity contribution in [2.75, 3.05) is 6.54 Å². The molecule has 13 nitrogen and oxygen atoms in total. The van der Waals surface area contributed by atoms with Crippen LogP contribution in [0.3, 0.4) is 0 Å². The van der Waals surface area contributed by atoms with E-state index >= 15 is 0 Å². The topological polar surface area (TPSA) is 224 Å². The smallest absolute Gasteiger partial charge is 0.287 e. The van der Waals surface area contributed by atoms with E-state index in [-0.39, 0.29) is 17.9 Å². The SMILES string of the molecule is NC(O)[C@H]1O[C@@](O)(n2ccnc2C(=O)NCC(O)c2ccc(O)c(O)c2)[C@H](O)[C@@H]1O. The molecule has 0 radical (unpaired) electrons. The Kier molecular flexibility index (Phi) is 5.96. The van der Waals surface area contributed by atoms with Gasteiger partial charge in [-0.15, -0.1) is 0 Å². The number of rotatable bonds is 6. The molecule has 0 aliphatic carbocycles. The molecule has 2 heterocycles. The van der Waals surface area contributed by atoms with E-state index in [1.165, 1.54) is 12.1 Å². The maximum Gasteiger partial charge on any atom is 0.287 e. The molecular weight excluding hydrogens is 404 g/mol. The first-order chi connectivity index (χ1) is 14.1. The van der Waals surface area contributed by atoms with Gasteiger partial charge in [-0.25, -0.2) is 4.98 Å². The summed E-state index contributed by atoms with van der Waals surface area (Å²) in [4.78, 5) is 16.3. The maximum absolute atomic E-state index is 12.5. The monoisotopic (exact) mass is 426 g/mol. The van der Waals surface area contributed by atoms with Crippen LogP contribution < -0.4 is 11.1 Å². The van der Waals surface area contributed by atoms with Crippen LogP contribution in [0.1, 0.15) is 22.3 Å². The minimum atomic E-state index is -2.64. The van der Waals surface area contributed by atoms with Crippen LogP contribution in [0.15, 0.2) is 30.6 Å². The highest BCUT2D eigenvalue weighted by Gasteiger charge is 2.57. The molecule has 1 fully saturated rings. The molecule has 1 aromatic carbocycles. The molecular formula is C17H22N4O9. The van der Waals surface area contributed by atoms with Gasteiger partial charge in [-0.3, -0.25) is 9.36 Å². The van der Waals surface area contributed by atoms with E-state index in [0.717, 1.165) is 23.0 Å². The lowest BCUT2D eigenvalue weighted by molar-refractivity contribution is -0.293. The van der Waals surface area contributed by atoms with E-state index in [4.69, 9.17) is 10.5 Å². The van der Waals surface area contributed by atoms with Crippen LogP contribution in [0.25, 0.3) is 0 Å². The van der Waals surface area contributed by atoms with Gasteiger partial charge in [0.25, 0.3) is 11.8 Å². The maximum atomic E-state index is 12.5. The molecule has 1 aromatic heterocycles. The Labute approximate surface area is 169 Å². The van der Waals surface area contributed by atoms with Crippen molar-refractivity contribution in [3.05, 3.63) is 42.0 Å². The third kappa shape index (κ3) is 3.82. The zero-order valence-electron chi connectivity index (χ0n) is 15.4. The number of phenolic OH excluding ortho intramolecular Hbond substituents is 2. The molecule has 10 N–H and O–H groups in total. The lowest BCUT2D eigenvalue weighted by Crippen LogP contribution is -2.47. The van der Waals surface area contributed by atoms with Gasteiger partial charge in [0.05, 0.1) is 6.10 Å². The Hall–Kier alpha value is -2.78. The number of benzene rings is 1. The summed E-state index contributed by atoms with van der Waals surface area (Å²) in [7, 11) is 0. The van der Waals surface area contributed by atoms with Gasteiger partial charge in [0.15, 0.2) is 17.6 Å². The van der Waals surface area contributed by atoms with Crippen molar-refractivity contribution in [3.8, 4) is 11.5 Å². The number of carbonyl (C=O) groups is 1. The molecule has 1 aliphatic rings. The van der Waals surface area contributed by atoms with Crippen molar-refractivity contribution < 1.29 is 45.3 Å². The molecule has 6 atom stereocenters. The fourth-order valence-electron chi connectivity index (χ4n) is 3.08. The first-order valence-corrected chi connectivity index (χ1v) is 8.78. The predicted octanol–water partition coefficient (Wildman–Crippen LogP) is -3.24. The van der Waals surface area contributed by atoms with Gasteiger partial charge in [-0.05, 0) is 17.7 Å². The largest absolute Gasteiger partial charge is 0.504 e. The van der Waals surface area contributed by atoms with Crippen LogP contribution in [0.5, 0.6) is 11.5 Å². The van der Waals surface area contributed by atoms with E-state index < -0.39 is 54.0 Å². The van der Waals surface area contributed by atoms with Crippen molar-refractivity contribution in [2.45, 2.75) is 36.6 Å². The van der Waals surface area contributed by atoms with Gasteiger partial charge in [-0.2, -0.15) is 0 Å². The molecule has 2 unspecified atom stereocenters. The first kappa shape index (κ1) is 21.9. The molecule has 0 spiro atoms. The fraction of sp³-hybridized carbons (Fsp3) is 0.412. The van der Waals surface area contributed by atoms with Crippen molar-refractivity contribution in [2.24, 2.45) is 5.73 Å². The number of hydrogen-bond donors (Lipinski definition) is 9. The number of aromatic hydroxyl groups is 2. The first-order valence-electron chi connectivity index (χ1n) is 8.78. The Morgan fingerprint density at radius 1 is 1.30 bits per heavy atom. The van der Waals surface area contributed by atoms with Crippen molar-refractivity contribution in [1.29, 1.82) is 0 Å². The van der Waals surface area contributed by atoms with E-state index in [1.807, 2.05) is 0 Å². The quantitative estimate of drug-likeness (QED) is 0.165. The number of aromatic nitrogens is 2. The summed E-state index contributed by atoms with van der Waals surface area (Å²) in [6, 6.07) is 3.64. The van der Waals surface area contributed by atoms with Gasteiger partial charge >= 0.3 is 0 Å². The van der Waals surface area contributed by atoms with E-state index in [9.17, 15) is 40.5 Å². The molecule has 2 aromatic rings. The van der Waals surface area contributed by atoms with Crippen LogP contribution in [0, 0.1) is 0 Å². The summed E-state index contributed by atoms with van der Waals surface area (Å²) < 4.78 is 5.86. The number of ether oxygens (including phenoxy) is 1. The number of phenols is 2. The molecule has 1 aliphatic heterocycles. The summed E-state index contributed by atoms with van der Waals surface area (Å²) in [5.74, 6) is -4.77. The highest BCUT2D eigenvalue weighted by Crippen LogP contribution is 2.35. The zero-order chi connectivity index (χ0) is 22.2. The van der Waals surface area contributed by atoms with Crippen LogP contribution in [-0.2, 0) is 10.6 Å². The zero-order valence-corrected chi connectivity index (χ0v) is 15.4. The van der Waals surface area contributed by atoms with Crippen LogP contribution >= 0.6 is 0 Å². The number of nitrogens with zero attached hydrogens (tertiary/aromatic N) is 2. The van der Waals surface area contributed by atoms with Gasteiger partial charge in [0.2, 0.25) is 5.82 Å². The molecule has 0 bridgehead atoms. The highest BCUT2D eigenvalue weighted by molar-refractivity contribution is 5.90. The minimum absolute atomic E-state index is 0.213. The lowest BCUT2D eigenvalue weighted by Gasteiger charge is -2.28. The van der Waals surface area contributed by atoms with Crippen LogP contribution in [0.4, 0.5) is 0 Å². The second-order valence-corrected chi connectivity index (χ2v) is 6.76. The average Bonchev–Trinajstić information content (AvgIpc) is 3.28. The van der Waals surface area contributed by atoms with Gasteiger partial charge in [0, 0.05) is 18.9 Å². The summed E-state index contributed by atoms with van der Waals surface area (Å²) in [6.45, 7) is -0.329. The normalized spacial score (nSPS) is 28.3. The van der Waals surface area contributed by atoms with Gasteiger partial charge in [-0.1, -0.05) is 6.07 Å². The van der Waals surface area contributed by atoms with Crippen LogP contribution in [-0.4, -0.2) is 82.3 Å². The number of aliphatic hydroxyl groups excluding tert-OH is 4. The molecule has 30 heavy (non-hydrogen) atoms.